The highest BCUT2D eigenvalue weighted by Gasteiger charge is 2.42. The summed E-state index contributed by atoms with van der Waals surface area (Å²) in [7, 11) is 0. The lowest BCUT2D eigenvalue weighted by Gasteiger charge is -2.28. The summed E-state index contributed by atoms with van der Waals surface area (Å²) in [5, 5.41) is 0.827. The van der Waals surface area contributed by atoms with Gasteiger partial charge in [0.1, 0.15) is 11.3 Å². The van der Waals surface area contributed by atoms with Crippen LogP contribution in [0.5, 0.6) is 5.75 Å². The SMILES string of the molecule is CCN(CC)CCN1C(=O)c2oc3ccc(Cl)cc3c(=O)c2C1c1cccc(OCCC(C)C)c1. The van der Waals surface area contributed by atoms with Gasteiger partial charge in [-0.2, -0.15) is 0 Å². The maximum Gasteiger partial charge on any atom is 0.290 e. The van der Waals surface area contributed by atoms with Crippen LogP contribution < -0.4 is 10.2 Å². The Kier molecular flexibility index (Phi) is 7.82. The number of fused-ring (bicyclic) bond motifs is 2. The highest BCUT2D eigenvalue weighted by molar-refractivity contribution is 6.31. The van der Waals surface area contributed by atoms with E-state index in [0.29, 0.717) is 47.2 Å². The van der Waals surface area contributed by atoms with E-state index in [1.807, 2.05) is 24.3 Å². The maximum atomic E-state index is 13.7. The van der Waals surface area contributed by atoms with Gasteiger partial charge in [0.05, 0.1) is 23.6 Å². The monoisotopic (exact) mass is 496 g/mol. The minimum Gasteiger partial charge on any atom is -0.494 e. The van der Waals surface area contributed by atoms with E-state index in [-0.39, 0.29) is 17.1 Å². The van der Waals surface area contributed by atoms with E-state index in [1.165, 1.54) is 0 Å². The molecular weight excluding hydrogens is 464 g/mol. The summed E-state index contributed by atoms with van der Waals surface area (Å²) in [5.41, 5.74) is 1.33. The van der Waals surface area contributed by atoms with Crippen LogP contribution in [-0.2, 0) is 0 Å². The molecule has 6 nitrogen and oxygen atoms in total. The number of benzene rings is 2. The highest BCUT2D eigenvalue weighted by atomic mass is 35.5. The lowest BCUT2D eigenvalue weighted by molar-refractivity contribution is 0.0708. The fourth-order valence-corrected chi connectivity index (χ4v) is 4.72. The molecule has 0 bridgehead atoms. The molecular formula is C28H33ClN2O4. The van der Waals surface area contributed by atoms with E-state index in [0.717, 1.165) is 30.8 Å². The largest absolute Gasteiger partial charge is 0.494 e. The Bertz CT molecular complexity index is 1270. The molecule has 0 fully saturated rings. The second kappa shape index (κ2) is 10.8. The Morgan fingerprint density at radius 2 is 1.89 bits per heavy atom. The third-order valence-electron chi connectivity index (χ3n) is 6.62. The maximum absolute atomic E-state index is 13.7. The number of rotatable bonds is 10. The van der Waals surface area contributed by atoms with Gasteiger partial charge in [-0.25, -0.2) is 0 Å². The van der Waals surface area contributed by atoms with Gasteiger partial charge in [0, 0.05) is 18.1 Å². The minimum absolute atomic E-state index is 0.112. The van der Waals surface area contributed by atoms with E-state index >= 15 is 0 Å². The summed E-state index contributed by atoms with van der Waals surface area (Å²) in [5.74, 6) is 1.11. The molecule has 1 unspecified atom stereocenters. The average molecular weight is 497 g/mol. The van der Waals surface area contributed by atoms with Crippen LogP contribution in [0.15, 0.2) is 51.7 Å². The number of carbonyl (C=O) groups is 1. The van der Waals surface area contributed by atoms with Gasteiger partial charge in [-0.1, -0.05) is 51.4 Å². The Hall–Kier alpha value is -2.83. The third kappa shape index (κ3) is 5.24. The van der Waals surface area contributed by atoms with Gasteiger partial charge in [0.25, 0.3) is 5.91 Å². The molecule has 0 saturated carbocycles. The quantitative estimate of drug-likeness (QED) is 0.357. The molecule has 0 aliphatic carbocycles. The summed E-state index contributed by atoms with van der Waals surface area (Å²) < 4.78 is 12.0. The van der Waals surface area contributed by atoms with Gasteiger partial charge in [-0.3, -0.25) is 9.59 Å². The van der Waals surface area contributed by atoms with Gasteiger partial charge in [-0.05, 0) is 61.3 Å². The van der Waals surface area contributed by atoms with Crippen LogP contribution in [-0.4, -0.2) is 48.5 Å². The first-order valence-corrected chi connectivity index (χ1v) is 12.7. The van der Waals surface area contributed by atoms with Crippen LogP contribution in [0.25, 0.3) is 11.0 Å². The summed E-state index contributed by atoms with van der Waals surface area (Å²) in [6.45, 7) is 12.1. The molecule has 1 atom stereocenters. The van der Waals surface area contributed by atoms with Crippen molar-refractivity contribution >= 4 is 28.5 Å². The molecule has 1 amide bonds. The molecule has 186 valence electrons. The van der Waals surface area contributed by atoms with E-state index in [1.54, 1.807) is 23.1 Å². The Labute approximate surface area is 211 Å². The van der Waals surface area contributed by atoms with Crippen molar-refractivity contribution < 1.29 is 13.9 Å². The molecule has 1 aliphatic heterocycles. The molecule has 1 aliphatic rings. The first-order chi connectivity index (χ1) is 16.8. The second-order valence-corrected chi connectivity index (χ2v) is 9.78. The normalized spacial score (nSPS) is 15.5. The zero-order valence-corrected chi connectivity index (χ0v) is 21.6. The summed E-state index contributed by atoms with van der Waals surface area (Å²) in [6, 6.07) is 12.0. The molecule has 3 aromatic rings. The molecule has 0 N–H and O–H groups in total. The predicted molar refractivity (Wildman–Crippen MR) is 140 cm³/mol. The molecule has 35 heavy (non-hydrogen) atoms. The third-order valence-corrected chi connectivity index (χ3v) is 6.85. The summed E-state index contributed by atoms with van der Waals surface area (Å²) >= 11 is 6.18. The van der Waals surface area contributed by atoms with Gasteiger partial charge in [0.15, 0.2) is 5.43 Å². The first kappa shape index (κ1) is 25.3. The van der Waals surface area contributed by atoms with Crippen molar-refractivity contribution in [3.8, 4) is 5.75 Å². The van der Waals surface area contributed by atoms with E-state index < -0.39 is 6.04 Å². The molecule has 4 rings (SSSR count). The first-order valence-electron chi connectivity index (χ1n) is 12.4. The van der Waals surface area contributed by atoms with Crippen LogP contribution in [0.3, 0.4) is 0 Å². The summed E-state index contributed by atoms with van der Waals surface area (Å²) in [6.07, 6.45) is 0.946. The fraction of sp³-hybridized carbons (Fsp3) is 0.429. The number of carbonyl (C=O) groups excluding carboxylic acids is 1. The van der Waals surface area contributed by atoms with Crippen LogP contribution in [0.2, 0.25) is 5.02 Å². The molecule has 7 heteroatoms. The van der Waals surface area contributed by atoms with Crippen molar-refractivity contribution in [2.24, 2.45) is 5.92 Å². The number of ether oxygens (including phenoxy) is 1. The lowest BCUT2D eigenvalue weighted by Crippen LogP contribution is -2.37. The van der Waals surface area contributed by atoms with Crippen molar-refractivity contribution in [1.29, 1.82) is 0 Å². The van der Waals surface area contributed by atoms with Gasteiger partial charge < -0.3 is 19.0 Å². The summed E-state index contributed by atoms with van der Waals surface area (Å²) in [4.78, 5) is 31.3. The van der Waals surface area contributed by atoms with Crippen LogP contribution in [0.1, 0.15) is 61.8 Å². The predicted octanol–water partition coefficient (Wildman–Crippen LogP) is 5.76. The number of halogens is 1. The van der Waals surface area contributed by atoms with E-state index in [9.17, 15) is 9.59 Å². The van der Waals surface area contributed by atoms with Crippen LogP contribution in [0, 0.1) is 5.92 Å². The van der Waals surface area contributed by atoms with E-state index in [4.69, 9.17) is 20.8 Å². The van der Waals surface area contributed by atoms with E-state index in [2.05, 4.69) is 32.6 Å². The zero-order chi connectivity index (χ0) is 25.1. The van der Waals surface area contributed by atoms with Crippen LogP contribution in [0.4, 0.5) is 0 Å². The molecule has 2 aromatic carbocycles. The standard InChI is InChI=1S/C28H33ClN2O4/c1-5-30(6-2)13-14-31-25(19-8-7-9-21(16-19)34-15-12-18(3)4)24-26(32)22-17-20(29)10-11-23(22)35-27(24)28(31)33/h7-11,16-18,25H,5-6,12-15H2,1-4H3. The van der Waals surface area contributed by atoms with Gasteiger partial charge >= 0.3 is 0 Å². The zero-order valence-electron chi connectivity index (χ0n) is 20.8. The number of likely N-dealkylation sites (N-methyl/N-ethyl adjacent to an activating group) is 1. The number of hydrogen-bond donors (Lipinski definition) is 0. The van der Waals surface area contributed by atoms with Crippen molar-refractivity contribution in [3.63, 3.8) is 0 Å². The van der Waals surface area contributed by atoms with Crippen molar-refractivity contribution in [2.45, 2.75) is 40.2 Å². The average Bonchev–Trinajstić information content (AvgIpc) is 3.12. The van der Waals surface area contributed by atoms with Crippen molar-refractivity contribution in [2.75, 3.05) is 32.8 Å². The molecule has 1 aromatic heterocycles. The van der Waals surface area contributed by atoms with Gasteiger partial charge in [-0.15, -0.1) is 0 Å². The fourth-order valence-electron chi connectivity index (χ4n) is 4.55. The Balaban J connectivity index is 1.79. The molecule has 0 saturated heterocycles. The minimum atomic E-state index is -0.554. The Morgan fingerprint density at radius 3 is 2.60 bits per heavy atom. The number of nitrogens with zero attached hydrogens (tertiary/aromatic N) is 2. The van der Waals surface area contributed by atoms with Crippen molar-refractivity contribution in [1.82, 2.24) is 9.80 Å². The second-order valence-electron chi connectivity index (χ2n) is 9.35. The number of amides is 1. The Morgan fingerprint density at radius 1 is 1.11 bits per heavy atom. The number of hydrogen-bond acceptors (Lipinski definition) is 5. The molecule has 0 radical (unpaired) electrons. The van der Waals surface area contributed by atoms with Gasteiger partial charge in [0.2, 0.25) is 5.76 Å². The van der Waals surface area contributed by atoms with Crippen LogP contribution >= 0.6 is 11.6 Å². The topological polar surface area (TPSA) is 63.0 Å². The smallest absolute Gasteiger partial charge is 0.290 e. The molecule has 0 spiro atoms. The highest BCUT2D eigenvalue weighted by Crippen LogP contribution is 2.39. The lowest BCUT2D eigenvalue weighted by atomic mass is 9.98. The van der Waals surface area contributed by atoms with Crippen molar-refractivity contribution in [3.05, 3.63) is 74.6 Å². The molecule has 2 heterocycles.